The Kier molecular flexibility index (Phi) is 7.25. The summed E-state index contributed by atoms with van der Waals surface area (Å²) >= 11 is 0. The molecule has 0 aromatic carbocycles. The second-order valence-corrected chi connectivity index (χ2v) is 5.66. The second-order valence-electron chi connectivity index (χ2n) is 5.66. The Balaban J connectivity index is 4.12. The van der Waals surface area contributed by atoms with Crippen LogP contribution in [0.3, 0.4) is 0 Å². The van der Waals surface area contributed by atoms with Gasteiger partial charge < -0.3 is 10.5 Å². The van der Waals surface area contributed by atoms with Crippen LogP contribution in [0.25, 0.3) is 0 Å². The van der Waals surface area contributed by atoms with Gasteiger partial charge >= 0.3 is 0 Å². The Bertz CT molecular complexity index is 182. The van der Waals surface area contributed by atoms with E-state index in [-0.39, 0.29) is 11.6 Å². The van der Waals surface area contributed by atoms with Gasteiger partial charge in [-0.1, -0.05) is 34.1 Å². The van der Waals surface area contributed by atoms with Crippen LogP contribution < -0.4 is 5.73 Å². The van der Waals surface area contributed by atoms with E-state index in [0.717, 1.165) is 25.4 Å². The van der Waals surface area contributed by atoms with Crippen LogP contribution >= 0.6 is 0 Å². The maximum atomic E-state index is 6.09. The summed E-state index contributed by atoms with van der Waals surface area (Å²) in [6.45, 7) is 14.1. The van der Waals surface area contributed by atoms with E-state index in [9.17, 15) is 0 Å². The first kappa shape index (κ1) is 15.9. The van der Waals surface area contributed by atoms with E-state index in [0.29, 0.717) is 5.92 Å². The molecular weight excluding hydrogens is 198 g/mol. The summed E-state index contributed by atoms with van der Waals surface area (Å²) < 4.78 is 6.09. The molecule has 0 aliphatic heterocycles. The van der Waals surface area contributed by atoms with Crippen LogP contribution in [0.5, 0.6) is 0 Å². The predicted octanol–water partition coefficient (Wildman–Crippen LogP) is 3.59. The molecule has 0 aliphatic rings. The Labute approximate surface area is 102 Å². The van der Waals surface area contributed by atoms with Crippen molar-refractivity contribution < 1.29 is 4.74 Å². The molecule has 98 valence electrons. The zero-order valence-corrected chi connectivity index (χ0v) is 12.0. The van der Waals surface area contributed by atoms with Crippen molar-refractivity contribution in [3.05, 3.63) is 0 Å². The molecule has 0 aromatic heterocycles. The molecule has 0 amide bonds. The van der Waals surface area contributed by atoms with Crippen molar-refractivity contribution in [2.24, 2.45) is 17.6 Å². The fourth-order valence-electron chi connectivity index (χ4n) is 1.89. The molecule has 0 radical (unpaired) electrons. The van der Waals surface area contributed by atoms with Crippen LogP contribution in [0.2, 0.25) is 0 Å². The lowest BCUT2D eigenvalue weighted by atomic mass is 9.92. The Morgan fingerprint density at radius 2 is 1.69 bits per heavy atom. The summed E-state index contributed by atoms with van der Waals surface area (Å²) in [5.74, 6) is 1.36. The highest BCUT2D eigenvalue weighted by Gasteiger charge is 2.25. The Hall–Kier alpha value is -0.0800. The van der Waals surface area contributed by atoms with E-state index in [1.165, 1.54) is 6.42 Å². The van der Waals surface area contributed by atoms with Crippen molar-refractivity contribution in [3.8, 4) is 0 Å². The smallest absolute Gasteiger partial charge is 0.0666 e. The minimum absolute atomic E-state index is 0.0457. The number of ether oxygens (including phenoxy) is 1. The summed E-state index contributed by atoms with van der Waals surface area (Å²) in [4.78, 5) is 0. The first-order valence-electron chi connectivity index (χ1n) is 6.74. The molecule has 2 N–H and O–H groups in total. The maximum Gasteiger partial charge on any atom is 0.0666 e. The number of rotatable bonds is 8. The average Bonchev–Trinajstić information content (AvgIpc) is 2.23. The van der Waals surface area contributed by atoms with Crippen LogP contribution in [0, 0.1) is 11.8 Å². The fourth-order valence-corrected chi connectivity index (χ4v) is 1.89. The third-order valence-corrected chi connectivity index (χ3v) is 3.81. The minimum Gasteiger partial charge on any atom is -0.375 e. The third kappa shape index (κ3) is 5.86. The van der Waals surface area contributed by atoms with Gasteiger partial charge in [-0.15, -0.1) is 0 Å². The SMILES string of the molecule is CCC(C)C(C)COC(C)(CC)CC(C)N. The number of hydrogen-bond acceptors (Lipinski definition) is 2. The molecule has 0 saturated carbocycles. The van der Waals surface area contributed by atoms with Crippen molar-refractivity contribution >= 4 is 0 Å². The summed E-state index contributed by atoms with van der Waals surface area (Å²) in [6, 6.07) is 0.212. The molecule has 0 bridgehead atoms. The van der Waals surface area contributed by atoms with Crippen molar-refractivity contribution in [3.63, 3.8) is 0 Å². The maximum absolute atomic E-state index is 6.09. The molecule has 0 aliphatic carbocycles. The van der Waals surface area contributed by atoms with Crippen LogP contribution in [0.4, 0.5) is 0 Å². The zero-order chi connectivity index (χ0) is 12.8. The normalized spacial score (nSPS) is 21.2. The van der Waals surface area contributed by atoms with Gasteiger partial charge in [-0.05, 0) is 38.5 Å². The van der Waals surface area contributed by atoms with Crippen molar-refractivity contribution in [2.45, 2.75) is 72.4 Å². The highest BCUT2D eigenvalue weighted by molar-refractivity contribution is 4.78. The minimum atomic E-state index is -0.0457. The lowest BCUT2D eigenvalue weighted by molar-refractivity contribution is -0.0630. The monoisotopic (exact) mass is 229 g/mol. The molecule has 4 atom stereocenters. The van der Waals surface area contributed by atoms with E-state index in [2.05, 4.69) is 41.5 Å². The molecule has 0 aromatic rings. The van der Waals surface area contributed by atoms with Crippen LogP contribution in [-0.2, 0) is 4.74 Å². The molecular formula is C14H31NO. The lowest BCUT2D eigenvalue weighted by Crippen LogP contribution is -2.36. The Morgan fingerprint density at radius 3 is 2.06 bits per heavy atom. The average molecular weight is 229 g/mol. The van der Waals surface area contributed by atoms with Gasteiger partial charge in [0.15, 0.2) is 0 Å². The molecule has 2 heteroatoms. The van der Waals surface area contributed by atoms with Gasteiger partial charge in [-0.3, -0.25) is 0 Å². The largest absolute Gasteiger partial charge is 0.375 e. The summed E-state index contributed by atoms with van der Waals surface area (Å²) in [7, 11) is 0. The van der Waals surface area contributed by atoms with Gasteiger partial charge in [0.05, 0.1) is 12.2 Å². The second kappa shape index (κ2) is 7.29. The van der Waals surface area contributed by atoms with Gasteiger partial charge in [0, 0.05) is 6.04 Å². The lowest BCUT2D eigenvalue weighted by Gasteiger charge is -2.32. The van der Waals surface area contributed by atoms with E-state index in [4.69, 9.17) is 10.5 Å². The third-order valence-electron chi connectivity index (χ3n) is 3.81. The van der Waals surface area contributed by atoms with Gasteiger partial charge in [-0.2, -0.15) is 0 Å². The van der Waals surface area contributed by atoms with Crippen molar-refractivity contribution in [1.82, 2.24) is 0 Å². The van der Waals surface area contributed by atoms with Crippen LogP contribution in [-0.4, -0.2) is 18.2 Å². The van der Waals surface area contributed by atoms with Crippen molar-refractivity contribution in [2.75, 3.05) is 6.61 Å². The fraction of sp³-hybridized carbons (Fsp3) is 1.00. The predicted molar refractivity (Wildman–Crippen MR) is 71.5 cm³/mol. The summed E-state index contributed by atoms with van der Waals surface area (Å²) in [6.07, 6.45) is 3.19. The molecule has 0 spiro atoms. The first-order chi connectivity index (χ1) is 7.34. The van der Waals surface area contributed by atoms with E-state index < -0.39 is 0 Å². The number of nitrogens with two attached hydrogens (primary N) is 1. The topological polar surface area (TPSA) is 35.2 Å². The highest BCUT2D eigenvalue weighted by Crippen LogP contribution is 2.24. The molecule has 0 rings (SSSR count). The van der Waals surface area contributed by atoms with Gasteiger partial charge in [-0.25, -0.2) is 0 Å². The van der Waals surface area contributed by atoms with Gasteiger partial charge in [0.25, 0.3) is 0 Å². The standard InChI is InChI=1S/C14H31NO/c1-7-11(3)12(4)10-16-14(6,8-2)9-13(5)15/h11-13H,7-10,15H2,1-6H3. The first-order valence-corrected chi connectivity index (χ1v) is 6.74. The Morgan fingerprint density at radius 1 is 1.12 bits per heavy atom. The van der Waals surface area contributed by atoms with Crippen LogP contribution in [0.15, 0.2) is 0 Å². The highest BCUT2D eigenvalue weighted by atomic mass is 16.5. The molecule has 0 heterocycles. The van der Waals surface area contributed by atoms with Crippen molar-refractivity contribution in [1.29, 1.82) is 0 Å². The zero-order valence-electron chi connectivity index (χ0n) is 12.0. The molecule has 16 heavy (non-hydrogen) atoms. The quantitative estimate of drug-likeness (QED) is 0.690. The van der Waals surface area contributed by atoms with Gasteiger partial charge in [0.2, 0.25) is 0 Å². The molecule has 0 saturated heterocycles. The summed E-state index contributed by atoms with van der Waals surface area (Å²) in [5, 5.41) is 0. The van der Waals surface area contributed by atoms with Crippen LogP contribution in [0.1, 0.15) is 60.8 Å². The molecule has 2 nitrogen and oxygen atoms in total. The molecule has 0 fully saturated rings. The van der Waals surface area contributed by atoms with E-state index in [1.807, 2.05) is 0 Å². The molecule has 4 unspecified atom stereocenters. The van der Waals surface area contributed by atoms with E-state index >= 15 is 0 Å². The van der Waals surface area contributed by atoms with E-state index in [1.54, 1.807) is 0 Å². The van der Waals surface area contributed by atoms with Gasteiger partial charge in [0.1, 0.15) is 0 Å². The summed E-state index contributed by atoms with van der Waals surface area (Å²) in [5.41, 5.74) is 5.82. The number of hydrogen-bond donors (Lipinski definition) is 1.